The fourth-order valence-electron chi connectivity index (χ4n) is 1.75. The van der Waals surface area contributed by atoms with E-state index in [0.29, 0.717) is 26.3 Å². The Balaban J connectivity index is 2.62. The number of hydrogen-bond donors (Lipinski definition) is 1. The van der Waals surface area contributed by atoms with Gasteiger partial charge in [0, 0.05) is 19.3 Å². The number of anilines is 1. The van der Waals surface area contributed by atoms with Crippen molar-refractivity contribution in [2.45, 2.75) is 13.3 Å². The van der Waals surface area contributed by atoms with Crippen LogP contribution in [0.25, 0.3) is 0 Å². The number of nitrogens with zero attached hydrogens (tertiary/aromatic N) is 1. The fraction of sp³-hybridized carbons (Fsp3) is 0.533. The molecular weight excluding hydrogens is 256 g/mol. The topological polar surface area (TPSA) is 64.8 Å². The third-order valence-corrected chi connectivity index (χ3v) is 2.89. The predicted octanol–water partition coefficient (Wildman–Crippen LogP) is 1.34. The summed E-state index contributed by atoms with van der Waals surface area (Å²) in [5, 5.41) is 0. The van der Waals surface area contributed by atoms with Gasteiger partial charge in [0.2, 0.25) is 0 Å². The van der Waals surface area contributed by atoms with Crippen LogP contribution >= 0.6 is 0 Å². The normalized spacial score (nSPS) is 10.6. The molecular formula is C15H24N2O3. The molecule has 1 rings (SSSR count). The largest absolute Gasteiger partial charge is 0.382 e. The van der Waals surface area contributed by atoms with Gasteiger partial charge >= 0.3 is 0 Å². The van der Waals surface area contributed by atoms with Crippen molar-refractivity contribution in [2.24, 2.45) is 5.73 Å². The van der Waals surface area contributed by atoms with Crippen molar-refractivity contribution in [2.75, 3.05) is 44.9 Å². The first-order chi connectivity index (χ1) is 9.69. The van der Waals surface area contributed by atoms with Crippen molar-refractivity contribution in [1.29, 1.82) is 0 Å². The molecule has 0 aliphatic carbocycles. The van der Waals surface area contributed by atoms with E-state index in [1.165, 1.54) is 0 Å². The van der Waals surface area contributed by atoms with Gasteiger partial charge in [0.15, 0.2) is 0 Å². The Kier molecular flexibility index (Phi) is 7.87. The second kappa shape index (κ2) is 9.47. The lowest BCUT2D eigenvalue weighted by atomic mass is 10.2. The molecule has 0 bridgehead atoms. The molecule has 0 unspecified atom stereocenters. The average Bonchev–Trinajstić information content (AvgIpc) is 2.46. The maximum atomic E-state index is 12.2. The molecule has 1 aromatic carbocycles. The maximum Gasteiger partial charge on any atom is 0.252 e. The van der Waals surface area contributed by atoms with E-state index in [1.54, 1.807) is 12.0 Å². The van der Waals surface area contributed by atoms with Crippen LogP contribution in [0.4, 0.5) is 5.69 Å². The number of carbonyl (C=O) groups excluding carboxylic acids is 1. The quantitative estimate of drug-likeness (QED) is 0.693. The molecule has 0 saturated heterocycles. The van der Waals surface area contributed by atoms with Gasteiger partial charge in [-0.15, -0.1) is 0 Å². The molecule has 20 heavy (non-hydrogen) atoms. The average molecular weight is 280 g/mol. The van der Waals surface area contributed by atoms with Crippen LogP contribution in [-0.4, -0.2) is 45.9 Å². The van der Waals surface area contributed by atoms with Crippen molar-refractivity contribution in [3.05, 3.63) is 29.8 Å². The van der Waals surface area contributed by atoms with Crippen LogP contribution in [0.15, 0.2) is 24.3 Å². The highest BCUT2D eigenvalue weighted by molar-refractivity contribution is 5.94. The van der Waals surface area contributed by atoms with Gasteiger partial charge in [-0.05, 0) is 32.0 Å². The third-order valence-electron chi connectivity index (χ3n) is 2.89. The molecule has 5 heteroatoms. The second-order valence-corrected chi connectivity index (χ2v) is 4.57. The van der Waals surface area contributed by atoms with E-state index in [9.17, 15) is 4.79 Å². The minimum atomic E-state index is -0.0570. The number of hydrogen-bond acceptors (Lipinski definition) is 4. The monoisotopic (exact) mass is 280 g/mol. The van der Waals surface area contributed by atoms with E-state index in [0.717, 1.165) is 17.7 Å². The molecule has 0 fully saturated rings. The highest BCUT2D eigenvalue weighted by atomic mass is 16.5. The van der Waals surface area contributed by atoms with Gasteiger partial charge in [-0.3, -0.25) is 4.79 Å². The molecule has 0 saturated carbocycles. The van der Waals surface area contributed by atoms with E-state index >= 15 is 0 Å². The lowest BCUT2D eigenvalue weighted by Crippen LogP contribution is -2.36. The van der Waals surface area contributed by atoms with Gasteiger partial charge in [0.05, 0.1) is 13.2 Å². The fourth-order valence-corrected chi connectivity index (χ4v) is 1.75. The van der Waals surface area contributed by atoms with Crippen LogP contribution < -0.4 is 10.6 Å². The maximum absolute atomic E-state index is 12.2. The van der Waals surface area contributed by atoms with Crippen LogP contribution in [0.3, 0.4) is 0 Å². The lowest BCUT2D eigenvalue weighted by Gasteiger charge is -2.23. The van der Waals surface area contributed by atoms with Crippen molar-refractivity contribution in [3.63, 3.8) is 0 Å². The van der Waals surface area contributed by atoms with Gasteiger partial charge in [-0.25, -0.2) is 0 Å². The molecule has 5 nitrogen and oxygen atoms in total. The molecule has 2 N–H and O–H groups in total. The van der Waals surface area contributed by atoms with E-state index in [4.69, 9.17) is 15.2 Å². The Morgan fingerprint density at radius 3 is 2.55 bits per heavy atom. The van der Waals surface area contributed by atoms with Gasteiger partial charge in [-0.1, -0.05) is 17.7 Å². The Morgan fingerprint density at radius 2 is 1.95 bits per heavy atom. The van der Waals surface area contributed by atoms with Crippen molar-refractivity contribution < 1.29 is 14.3 Å². The summed E-state index contributed by atoms with van der Waals surface area (Å²) in [6.45, 7) is 4.14. The molecule has 1 amide bonds. The summed E-state index contributed by atoms with van der Waals surface area (Å²) >= 11 is 0. The molecule has 0 radical (unpaired) electrons. The minimum absolute atomic E-state index is 0.0570. The zero-order valence-electron chi connectivity index (χ0n) is 12.3. The number of rotatable bonds is 9. The van der Waals surface area contributed by atoms with E-state index < -0.39 is 0 Å². The Labute approximate surface area is 120 Å². The van der Waals surface area contributed by atoms with E-state index in [2.05, 4.69) is 0 Å². The number of methoxy groups -OCH3 is 1. The molecule has 0 aliphatic heterocycles. The SMILES string of the molecule is COCCOCC(=O)N(CCCN)c1ccc(C)cc1. The Morgan fingerprint density at radius 1 is 1.25 bits per heavy atom. The number of ether oxygens (including phenoxy) is 2. The Bertz CT molecular complexity index is 393. The number of benzene rings is 1. The summed E-state index contributed by atoms with van der Waals surface area (Å²) in [4.78, 5) is 13.9. The molecule has 0 aromatic heterocycles. The van der Waals surface area contributed by atoms with Crippen LogP contribution in [0.5, 0.6) is 0 Å². The second-order valence-electron chi connectivity index (χ2n) is 4.57. The van der Waals surface area contributed by atoms with Gasteiger partial charge in [0.25, 0.3) is 5.91 Å². The number of amides is 1. The standard InChI is InChI=1S/C15H24N2O3/c1-13-4-6-14(7-5-13)17(9-3-8-16)15(18)12-20-11-10-19-2/h4-7H,3,8-12,16H2,1-2H3. The van der Waals surface area contributed by atoms with Crippen LogP contribution in [0.2, 0.25) is 0 Å². The number of nitrogens with two attached hydrogens (primary N) is 1. The molecule has 0 aliphatic rings. The van der Waals surface area contributed by atoms with Gasteiger partial charge in [0.1, 0.15) is 6.61 Å². The summed E-state index contributed by atoms with van der Waals surface area (Å²) < 4.78 is 10.2. The summed E-state index contributed by atoms with van der Waals surface area (Å²) in [6.07, 6.45) is 0.762. The zero-order chi connectivity index (χ0) is 14.8. The number of aryl methyl sites for hydroxylation is 1. The predicted molar refractivity (Wildman–Crippen MR) is 79.9 cm³/mol. The first kappa shape index (κ1) is 16.6. The smallest absolute Gasteiger partial charge is 0.252 e. The summed E-state index contributed by atoms with van der Waals surface area (Å²) in [5.74, 6) is -0.0570. The summed E-state index contributed by atoms with van der Waals surface area (Å²) in [7, 11) is 1.60. The minimum Gasteiger partial charge on any atom is -0.382 e. The molecule has 1 aromatic rings. The van der Waals surface area contributed by atoms with Gasteiger partial charge in [-0.2, -0.15) is 0 Å². The van der Waals surface area contributed by atoms with Crippen molar-refractivity contribution >= 4 is 11.6 Å². The van der Waals surface area contributed by atoms with Gasteiger partial charge < -0.3 is 20.1 Å². The highest BCUT2D eigenvalue weighted by Crippen LogP contribution is 2.15. The third kappa shape index (κ3) is 5.69. The van der Waals surface area contributed by atoms with E-state index in [1.807, 2.05) is 31.2 Å². The molecule has 0 spiro atoms. The molecule has 0 atom stereocenters. The highest BCUT2D eigenvalue weighted by Gasteiger charge is 2.15. The zero-order valence-corrected chi connectivity index (χ0v) is 12.3. The summed E-state index contributed by atoms with van der Waals surface area (Å²) in [6, 6.07) is 7.87. The van der Waals surface area contributed by atoms with Crippen molar-refractivity contribution in [1.82, 2.24) is 0 Å². The van der Waals surface area contributed by atoms with Crippen LogP contribution in [-0.2, 0) is 14.3 Å². The van der Waals surface area contributed by atoms with Crippen LogP contribution in [0, 0.1) is 6.92 Å². The van der Waals surface area contributed by atoms with Crippen molar-refractivity contribution in [3.8, 4) is 0 Å². The molecule has 0 heterocycles. The lowest BCUT2D eigenvalue weighted by molar-refractivity contribution is -0.123. The first-order valence-corrected chi connectivity index (χ1v) is 6.83. The first-order valence-electron chi connectivity index (χ1n) is 6.83. The Hall–Kier alpha value is -1.43. The molecule has 112 valence electrons. The number of carbonyl (C=O) groups is 1. The van der Waals surface area contributed by atoms with E-state index in [-0.39, 0.29) is 12.5 Å². The summed E-state index contributed by atoms with van der Waals surface area (Å²) in [5.41, 5.74) is 7.58. The van der Waals surface area contributed by atoms with Crippen LogP contribution in [0.1, 0.15) is 12.0 Å².